The second-order valence-corrected chi connectivity index (χ2v) is 8.80. The zero-order valence-electron chi connectivity index (χ0n) is 18.0. The molecule has 0 bridgehead atoms. The van der Waals surface area contributed by atoms with Crippen molar-refractivity contribution in [3.8, 4) is 17.1 Å². The van der Waals surface area contributed by atoms with Gasteiger partial charge in [0.1, 0.15) is 17.3 Å². The molecule has 1 aliphatic rings. The Hall–Kier alpha value is -4.29. The molecule has 0 aliphatic carbocycles. The number of amides is 1. The number of non-ortho nitro benzene ring substituents is 1. The number of nitro groups is 1. The van der Waals surface area contributed by atoms with Gasteiger partial charge in [0.2, 0.25) is 10.0 Å². The van der Waals surface area contributed by atoms with E-state index in [0.29, 0.717) is 28.5 Å². The number of ether oxygens (including phenoxy) is 1. The summed E-state index contributed by atoms with van der Waals surface area (Å²) in [6.45, 7) is 1.66. The summed E-state index contributed by atoms with van der Waals surface area (Å²) in [6, 6.07) is 12.9. The summed E-state index contributed by atoms with van der Waals surface area (Å²) >= 11 is 0. The highest BCUT2D eigenvalue weighted by Crippen LogP contribution is 2.35. The number of hydrogen-bond acceptors (Lipinski definition) is 8. The van der Waals surface area contributed by atoms with Crippen LogP contribution in [0.1, 0.15) is 12.7 Å². The summed E-state index contributed by atoms with van der Waals surface area (Å²) < 4.78 is 34.0. The summed E-state index contributed by atoms with van der Waals surface area (Å²) in [5, 5.41) is 21.5. The van der Waals surface area contributed by atoms with Crippen LogP contribution in [0.3, 0.4) is 0 Å². The molecule has 0 saturated heterocycles. The van der Waals surface area contributed by atoms with Crippen LogP contribution < -0.4 is 14.9 Å². The number of anilines is 1. The molecule has 1 amide bonds. The van der Waals surface area contributed by atoms with Crippen molar-refractivity contribution in [1.29, 1.82) is 0 Å². The number of nitro benzene ring substituents is 1. The largest absolute Gasteiger partial charge is 0.496 e. The Kier molecular flexibility index (Phi) is 5.77. The minimum Gasteiger partial charge on any atom is -0.496 e. The van der Waals surface area contributed by atoms with Crippen molar-refractivity contribution >= 4 is 39.1 Å². The van der Waals surface area contributed by atoms with Gasteiger partial charge in [-0.3, -0.25) is 14.9 Å². The SMILES string of the molecule is COc1cc([N+](=O)[O-])ccc1-c1ccc(/C=C2\C(=O)N(c3ccc(S(N)(=O)=O)cc3)N=C2C)o1. The maximum atomic E-state index is 13.0. The van der Waals surface area contributed by atoms with Gasteiger partial charge in [-0.05, 0) is 55.5 Å². The van der Waals surface area contributed by atoms with Gasteiger partial charge in [0.05, 0.1) is 45.5 Å². The van der Waals surface area contributed by atoms with Crippen LogP contribution >= 0.6 is 0 Å². The number of carbonyl (C=O) groups excluding carboxylic acids is 1. The lowest BCUT2D eigenvalue weighted by atomic mass is 10.1. The van der Waals surface area contributed by atoms with Gasteiger partial charge in [-0.2, -0.15) is 10.1 Å². The molecule has 1 aromatic heterocycles. The van der Waals surface area contributed by atoms with Gasteiger partial charge in [-0.1, -0.05) is 0 Å². The standard InChI is InChI=1S/C22H18N4O7S/c1-13-19(22(27)25(24-13)14-3-7-17(8-4-14)34(23,30)31)12-16-6-10-20(33-16)18-9-5-15(26(28)29)11-21(18)32-2/h3-12H,1-2H3,(H2,23,30,31)/b19-12-. The monoisotopic (exact) mass is 482 g/mol. The average Bonchev–Trinajstić information content (AvgIpc) is 3.38. The second kappa shape index (κ2) is 8.57. The first-order chi connectivity index (χ1) is 16.1. The Morgan fingerprint density at radius 1 is 1.15 bits per heavy atom. The first kappa shape index (κ1) is 22.9. The quantitative estimate of drug-likeness (QED) is 0.320. The Morgan fingerprint density at radius 3 is 2.47 bits per heavy atom. The Morgan fingerprint density at radius 2 is 1.85 bits per heavy atom. The third-order valence-electron chi connectivity index (χ3n) is 5.05. The molecule has 2 N–H and O–H groups in total. The van der Waals surface area contributed by atoms with Crippen LogP contribution in [0, 0.1) is 10.1 Å². The third-order valence-corrected chi connectivity index (χ3v) is 5.98. The first-order valence-electron chi connectivity index (χ1n) is 9.75. The maximum Gasteiger partial charge on any atom is 0.280 e. The van der Waals surface area contributed by atoms with Crippen LogP contribution in [0.2, 0.25) is 0 Å². The Bertz CT molecular complexity index is 1470. The molecule has 174 valence electrons. The van der Waals surface area contributed by atoms with Gasteiger partial charge in [-0.15, -0.1) is 0 Å². The number of furan rings is 1. The van der Waals surface area contributed by atoms with Crippen molar-refractivity contribution in [2.24, 2.45) is 10.2 Å². The molecule has 11 nitrogen and oxygen atoms in total. The van der Waals surface area contributed by atoms with E-state index < -0.39 is 20.9 Å². The molecular formula is C22H18N4O7S. The lowest BCUT2D eigenvalue weighted by Gasteiger charge is -2.12. The summed E-state index contributed by atoms with van der Waals surface area (Å²) in [5.41, 5.74) is 1.49. The lowest BCUT2D eigenvalue weighted by Crippen LogP contribution is -2.21. The van der Waals surface area contributed by atoms with Gasteiger partial charge in [-0.25, -0.2) is 13.6 Å². The van der Waals surface area contributed by atoms with Crippen molar-refractivity contribution in [2.75, 3.05) is 12.1 Å². The van der Waals surface area contributed by atoms with Crippen molar-refractivity contribution in [3.63, 3.8) is 0 Å². The number of carbonyl (C=O) groups is 1. The van der Waals surface area contributed by atoms with E-state index in [0.717, 1.165) is 5.01 Å². The highest BCUT2D eigenvalue weighted by atomic mass is 32.2. The number of primary sulfonamides is 1. The molecule has 12 heteroatoms. The molecular weight excluding hydrogens is 464 g/mol. The molecule has 4 rings (SSSR count). The average molecular weight is 482 g/mol. The smallest absolute Gasteiger partial charge is 0.280 e. The predicted octanol–water partition coefficient (Wildman–Crippen LogP) is 3.32. The van der Waals surface area contributed by atoms with E-state index >= 15 is 0 Å². The van der Waals surface area contributed by atoms with Gasteiger partial charge >= 0.3 is 0 Å². The summed E-state index contributed by atoms with van der Waals surface area (Å²) in [7, 11) is -2.46. The van der Waals surface area contributed by atoms with E-state index in [9.17, 15) is 23.3 Å². The van der Waals surface area contributed by atoms with E-state index in [4.69, 9.17) is 14.3 Å². The molecule has 0 fully saturated rings. The van der Waals surface area contributed by atoms with Gasteiger partial charge in [0.15, 0.2) is 0 Å². The number of methoxy groups -OCH3 is 1. The number of sulfonamides is 1. The predicted molar refractivity (Wildman–Crippen MR) is 124 cm³/mol. The van der Waals surface area contributed by atoms with E-state index in [1.165, 1.54) is 55.7 Å². The normalized spacial score (nSPS) is 15.0. The summed E-state index contributed by atoms with van der Waals surface area (Å²) in [4.78, 5) is 23.4. The van der Waals surface area contributed by atoms with Crippen molar-refractivity contribution < 1.29 is 27.3 Å². The first-order valence-corrected chi connectivity index (χ1v) is 11.3. The van der Waals surface area contributed by atoms with Crippen LogP contribution in [-0.2, 0) is 14.8 Å². The molecule has 2 heterocycles. The van der Waals surface area contributed by atoms with Crippen LogP contribution in [0.25, 0.3) is 17.4 Å². The number of benzene rings is 2. The zero-order valence-corrected chi connectivity index (χ0v) is 18.8. The van der Waals surface area contributed by atoms with Gasteiger partial charge in [0.25, 0.3) is 11.6 Å². The van der Waals surface area contributed by atoms with E-state index in [1.54, 1.807) is 19.1 Å². The van der Waals surface area contributed by atoms with Crippen molar-refractivity contribution in [3.05, 3.63) is 76.0 Å². The van der Waals surface area contributed by atoms with Crippen LogP contribution in [-0.4, -0.2) is 32.1 Å². The minimum atomic E-state index is -3.86. The van der Waals surface area contributed by atoms with E-state index in [1.807, 2.05) is 0 Å². The summed E-state index contributed by atoms with van der Waals surface area (Å²) in [5.74, 6) is 0.604. The molecule has 2 aromatic carbocycles. The number of rotatable bonds is 6. The van der Waals surface area contributed by atoms with Crippen LogP contribution in [0.15, 0.2) is 74.6 Å². The lowest BCUT2D eigenvalue weighted by molar-refractivity contribution is -0.384. The molecule has 1 aliphatic heterocycles. The molecule has 34 heavy (non-hydrogen) atoms. The minimum absolute atomic E-state index is 0.0795. The third kappa shape index (κ3) is 4.31. The highest BCUT2D eigenvalue weighted by Gasteiger charge is 2.29. The molecule has 0 radical (unpaired) electrons. The highest BCUT2D eigenvalue weighted by molar-refractivity contribution is 7.89. The number of hydrogen-bond donors (Lipinski definition) is 1. The molecule has 0 unspecified atom stereocenters. The fraction of sp³-hybridized carbons (Fsp3) is 0.0909. The zero-order chi connectivity index (χ0) is 24.6. The van der Waals surface area contributed by atoms with E-state index in [2.05, 4.69) is 5.10 Å². The topological polar surface area (TPSA) is 158 Å². The molecule has 0 saturated carbocycles. The second-order valence-electron chi connectivity index (χ2n) is 7.24. The number of nitrogens with two attached hydrogens (primary N) is 1. The van der Waals surface area contributed by atoms with Crippen molar-refractivity contribution in [1.82, 2.24) is 0 Å². The van der Waals surface area contributed by atoms with Gasteiger partial charge in [0, 0.05) is 6.07 Å². The fourth-order valence-corrected chi connectivity index (χ4v) is 3.87. The molecule has 3 aromatic rings. The molecule has 0 atom stereocenters. The molecule has 0 spiro atoms. The van der Waals surface area contributed by atoms with Crippen LogP contribution in [0.4, 0.5) is 11.4 Å². The maximum absolute atomic E-state index is 13.0. The number of hydrazone groups is 1. The Balaban J connectivity index is 1.61. The number of nitrogens with zero attached hydrogens (tertiary/aromatic N) is 3. The summed E-state index contributed by atoms with van der Waals surface area (Å²) in [6.07, 6.45) is 1.53. The Labute approximate surface area is 193 Å². The van der Waals surface area contributed by atoms with E-state index in [-0.39, 0.29) is 21.9 Å². The van der Waals surface area contributed by atoms with Crippen LogP contribution in [0.5, 0.6) is 5.75 Å². The van der Waals surface area contributed by atoms with Gasteiger partial charge < -0.3 is 9.15 Å². The van der Waals surface area contributed by atoms with Crippen molar-refractivity contribution in [2.45, 2.75) is 11.8 Å². The fourth-order valence-electron chi connectivity index (χ4n) is 3.35.